The van der Waals surface area contributed by atoms with Crippen molar-refractivity contribution in [1.82, 2.24) is 4.90 Å². The van der Waals surface area contributed by atoms with Crippen LogP contribution in [0.5, 0.6) is 0 Å². The smallest absolute Gasteiger partial charge is 0.412 e. The van der Waals surface area contributed by atoms with E-state index in [-0.39, 0.29) is 18.9 Å². The van der Waals surface area contributed by atoms with E-state index < -0.39 is 11.7 Å². The van der Waals surface area contributed by atoms with Crippen molar-refractivity contribution in [2.24, 2.45) is 0 Å². The zero-order valence-corrected chi connectivity index (χ0v) is 10.4. The molecule has 1 saturated carbocycles. The molecule has 0 unspecified atom stereocenters. The minimum absolute atomic E-state index is 0.0322. The van der Waals surface area contributed by atoms with Crippen LogP contribution in [0.25, 0.3) is 0 Å². The summed E-state index contributed by atoms with van der Waals surface area (Å²) in [5, 5.41) is 9.17. The summed E-state index contributed by atoms with van der Waals surface area (Å²) in [5.41, 5.74) is -0.533. The van der Waals surface area contributed by atoms with E-state index in [0.717, 1.165) is 12.8 Å². The first-order chi connectivity index (χ1) is 7.37. The Bertz CT molecular complexity index is 243. The minimum Gasteiger partial charge on any atom is -0.444 e. The van der Waals surface area contributed by atoms with E-state index in [1.54, 1.807) is 27.9 Å². The average molecular weight is 231 g/mol. The lowest BCUT2D eigenvalue weighted by Crippen LogP contribution is -2.52. The fraction of sp³-hybridized carbons (Fsp3) is 0.909. The largest absolute Gasteiger partial charge is 0.444 e. The molecule has 1 rings (SSSR count). The molecule has 94 valence electrons. The highest BCUT2D eigenvalue weighted by Crippen LogP contribution is 2.28. The molecular weight excluding hydrogens is 210 g/mol. The molecule has 0 spiro atoms. The molecule has 0 aliphatic heterocycles. The second-order valence-electron chi connectivity index (χ2n) is 5.07. The van der Waals surface area contributed by atoms with Crippen molar-refractivity contribution in [2.45, 2.75) is 51.4 Å². The van der Waals surface area contributed by atoms with E-state index in [1.165, 1.54) is 4.90 Å². The van der Waals surface area contributed by atoms with Crippen molar-refractivity contribution in [2.75, 3.05) is 13.8 Å². The SMILES string of the molecule is COC1CC(N(CO)C(=O)OC(C)(C)C)C1. The van der Waals surface area contributed by atoms with Crippen LogP contribution < -0.4 is 0 Å². The Morgan fingerprint density at radius 1 is 1.44 bits per heavy atom. The first-order valence-electron chi connectivity index (χ1n) is 5.50. The number of methoxy groups -OCH3 is 1. The maximum Gasteiger partial charge on any atom is 0.412 e. The van der Waals surface area contributed by atoms with E-state index >= 15 is 0 Å². The summed E-state index contributed by atoms with van der Waals surface area (Å²) in [5.74, 6) is 0. The summed E-state index contributed by atoms with van der Waals surface area (Å²) < 4.78 is 10.3. The van der Waals surface area contributed by atoms with Crippen LogP contribution >= 0.6 is 0 Å². The van der Waals surface area contributed by atoms with Gasteiger partial charge in [0.1, 0.15) is 12.3 Å². The molecule has 0 saturated heterocycles. The van der Waals surface area contributed by atoms with Crippen LogP contribution in [0.4, 0.5) is 4.79 Å². The Morgan fingerprint density at radius 2 is 2.00 bits per heavy atom. The first kappa shape index (κ1) is 13.3. The van der Waals surface area contributed by atoms with Gasteiger partial charge in [0, 0.05) is 13.2 Å². The molecule has 1 N–H and O–H groups in total. The Kier molecular flexibility index (Phi) is 4.15. The number of rotatable bonds is 3. The molecule has 5 nitrogen and oxygen atoms in total. The Labute approximate surface area is 96.3 Å². The molecule has 0 bridgehead atoms. The zero-order chi connectivity index (χ0) is 12.3. The van der Waals surface area contributed by atoms with Gasteiger partial charge in [-0.05, 0) is 33.6 Å². The van der Waals surface area contributed by atoms with Gasteiger partial charge in [-0.25, -0.2) is 4.79 Å². The fourth-order valence-electron chi connectivity index (χ4n) is 1.63. The van der Waals surface area contributed by atoms with Crippen molar-refractivity contribution in [1.29, 1.82) is 0 Å². The normalized spacial score (nSPS) is 24.8. The third-order valence-electron chi connectivity index (χ3n) is 2.62. The van der Waals surface area contributed by atoms with Gasteiger partial charge in [-0.2, -0.15) is 0 Å². The highest BCUT2D eigenvalue weighted by Gasteiger charge is 2.37. The Morgan fingerprint density at radius 3 is 2.38 bits per heavy atom. The molecule has 0 aromatic rings. The highest BCUT2D eigenvalue weighted by atomic mass is 16.6. The standard InChI is InChI=1S/C11H21NO4/c1-11(2,3)16-10(14)12(7-13)8-5-9(6-8)15-4/h8-9,13H,5-7H2,1-4H3. The van der Waals surface area contributed by atoms with Gasteiger partial charge < -0.3 is 14.6 Å². The van der Waals surface area contributed by atoms with Crippen LogP contribution in [-0.4, -0.2) is 47.7 Å². The van der Waals surface area contributed by atoms with Crippen molar-refractivity contribution in [3.05, 3.63) is 0 Å². The number of carbonyl (C=O) groups is 1. The maximum absolute atomic E-state index is 11.7. The topological polar surface area (TPSA) is 59.0 Å². The van der Waals surface area contributed by atoms with E-state index in [0.29, 0.717) is 0 Å². The number of aliphatic hydroxyl groups excluding tert-OH is 1. The molecular formula is C11H21NO4. The summed E-state index contributed by atoms with van der Waals surface area (Å²) in [6, 6.07) is 0.0322. The quantitative estimate of drug-likeness (QED) is 0.745. The number of carbonyl (C=O) groups excluding carboxylic acids is 1. The van der Waals surface area contributed by atoms with E-state index in [4.69, 9.17) is 9.47 Å². The minimum atomic E-state index is -0.533. The molecule has 0 aromatic carbocycles. The van der Waals surface area contributed by atoms with Crippen molar-refractivity contribution < 1.29 is 19.4 Å². The Hall–Kier alpha value is -0.810. The summed E-state index contributed by atoms with van der Waals surface area (Å²) in [6.45, 7) is 5.10. The highest BCUT2D eigenvalue weighted by molar-refractivity contribution is 5.68. The van der Waals surface area contributed by atoms with Gasteiger partial charge in [-0.3, -0.25) is 4.90 Å². The van der Waals surface area contributed by atoms with Crippen molar-refractivity contribution in [3.8, 4) is 0 Å². The van der Waals surface area contributed by atoms with Crippen molar-refractivity contribution in [3.63, 3.8) is 0 Å². The lowest BCUT2D eigenvalue weighted by molar-refractivity contribution is -0.0607. The summed E-state index contributed by atoms with van der Waals surface area (Å²) in [6.07, 6.45) is 1.25. The van der Waals surface area contributed by atoms with Gasteiger partial charge in [-0.15, -0.1) is 0 Å². The van der Waals surface area contributed by atoms with Gasteiger partial charge in [-0.1, -0.05) is 0 Å². The lowest BCUT2D eigenvalue weighted by atomic mass is 9.88. The second-order valence-corrected chi connectivity index (χ2v) is 5.07. The molecule has 0 aromatic heterocycles. The predicted molar refractivity (Wildman–Crippen MR) is 59.0 cm³/mol. The maximum atomic E-state index is 11.7. The van der Waals surface area contributed by atoms with Crippen molar-refractivity contribution >= 4 is 6.09 Å². The van der Waals surface area contributed by atoms with Crippen LogP contribution in [0, 0.1) is 0 Å². The summed E-state index contributed by atoms with van der Waals surface area (Å²) in [4.78, 5) is 13.1. The van der Waals surface area contributed by atoms with Crippen LogP contribution in [0.2, 0.25) is 0 Å². The third kappa shape index (κ3) is 3.35. The van der Waals surface area contributed by atoms with Gasteiger partial charge in [0.2, 0.25) is 0 Å². The van der Waals surface area contributed by atoms with Crippen LogP contribution in [-0.2, 0) is 9.47 Å². The molecule has 0 heterocycles. The van der Waals surface area contributed by atoms with Gasteiger partial charge >= 0.3 is 6.09 Å². The zero-order valence-electron chi connectivity index (χ0n) is 10.4. The molecule has 16 heavy (non-hydrogen) atoms. The van der Waals surface area contributed by atoms with Gasteiger partial charge in [0.25, 0.3) is 0 Å². The monoisotopic (exact) mass is 231 g/mol. The van der Waals surface area contributed by atoms with Gasteiger partial charge in [0.15, 0.2) is 0 Å². The molecule has 5 heteroatoms. The number of hydrogen-bond acceptors (Lipinski definition) is 4. The van der Waals surface area contributed by atoms with Crippen LogP contribution in [0.3, 0.4) is 0 Å². The summed E-state index contributed by atoms with van der Waals surface area (Å²) in [7, 11) is 1.65. The van der Waals surface area contributed by atoms with Crippen LogP contribution in [0.1, 0.15) is 33.6 Å². The molecule has 0 atom stereocenters. The van der Waals surface area contributed by atoms with Crippen LogP contribution in [0.15, 0.2) is 0 Å². The molecule has 1 aliphatic rings. The fourth-order valence-corrected chi connectivity index (χ4v) is 1.63. The van der Waals surface area contributed by atoms with E-state index in [2.05, 4.69) is 0 Å². The number of nitrogens with zero attached hydrogens (tertiary/aromatic N) is 1. The van der Waals surface area contributed by atoms with E-state index in [1.807, 2.05) is 0 Å². The number of aliphatic hydroxyl groups is 1. The number of hydrogen-bond donors (Lipinski definition) is 1. The first-order valence-corrected chi connectivity index (χ1v) is 5.50. The lowest BCUT2D eigenvalue weighted by Gasteiger charge is -2.41. The number of ether oxygens (including phenoxy) is 2. The van der Waals surface area contributed by atoms with E-state index in [9.17, 15) is 9.90 Å². The van der Waals surface area contributed by atoms with Gasteiger partial charge in [0.05, 0.1) is 6.10 Å². The molecule has 1 amide bonds. The molecule has 1 aliphatic carbocycles. The summed E-state index contributed by atoms with van der Waals surface area (Å²) >= 11 is 0. The predicted octanol–water partition coefficient (Wildman–Crippen LogP) is 1.35. The average Bonchev–Trinajstić information content (AvgIpc) is 2.06. The third-order valence-corrected chi connectivity index (χ3v) is 2.62. The molecule has 1 fully saturated rings. The number of amides is 1. The molecule has 0 radical (unpaired) electrons. The second kappa shape index (κ2) is 5.01. The Balaban J connectivity index is 2.46.